The standard InChI is InChI=1S/C26H18NOS.C14H16NSi.Ir/c1-15(2)16-12-13-27-21(14-16)19-7-5-8-20-24-22(28-25(19)20)11-10-18-17-6-3-4-9-23(17)29-26(18)24;1-16(2,3)13-9-10-14(15-11-13)12-7-5-4-6-8-12;/h3-6,8-15H,1-2H3;4-7,9-11H,1-3H3;/q2*-1;. The zero-order valence-electron chi connectivity index (χ0n) is 26.5. The van der Waals surface area contributed by atoms with Crippen molar-refractivity contribution in [1.82, 2.24) is 9.97 Å². The van der Waals surface area contributed by atoms with Crippen molar-refractivity contribution in [3.8, 4) is 22.5 Å². The van der Waals surface area contributed by atoms with Crippen LogP contribution in [0, 0.1) is 12.1 Å². The van der Waals surface area contributed by atoms with E-state index < -0.39 is 8.07 Å². The van der Waals surface area contributed by atoms with Gasteiger partial charge in [-0.15, -0.1) is 65.4 Å². The van der Waals surface area contributed by atoms with Gasteiger partial charge in [0, 0.05) is 58.1 Å². The van der Waals surface area contributed by atoms with Crippen LogP contribution in [-0.4, -0.2) is 18.0 Å². The van der Waals surface area contributed by atoms with Crippen molar-refractivity contribution in [2.24, 2.45) is 0 Å². The molecule has 6 heteroatoms. The van der Waals surface area contributed by atoms with E-state index in [9.17, 15) is 0 Å². The van der Waals surface area contributed by atoms with E-state index in [1.165, 1.54) is 36.3 Å². The normalized spacial score (nSPS) is 11.6. The Hall–Kier alpha value is -3.93. The molecule has 0 amide bonds. The second kappa shape index (κ2) is 13.1. The van der Waals surface area contributed by atoms with Crippen LogP contribution in [0.1, 0.15) is 25.3 Å². The predicted molar refractivity (Wildman–Crippen MR) is 194 cm³/mol. The molecule has 0 aliphatic rings. The topological polar surface area (TPSA) is 38.9 Å². The summed E-state index contributed by atoms with van der Waals surface area (Å²) in [5.41, 5.74) is 6.94. The fourth-order valence-electron chi connectivity index (χ4n) is 5.69. The van der Waals surface area contributed by atoms with Gasteiger partial charge in [0.1, 0.15) is 5.58 Å². The van der Waals surface area contributed by atoms with Crippen LogP contribution in [0.25, 0.3) is 64.6 Å². The van der Waals surface area contributed by atoms with Gasteiger partial charge in [-0.3, -0.25) is 0 Å². The van der Waals surface area contributed by atoms with E-state index >= 15 is 0 Å². The number of rotatable bonds is 4. The Bertz CT molecular complexity index is 2280. The van der Waals surface area contributed by atoms with Gasteiger partial charge in [0.15, 0.2) is 0 Å². The summed E-state index contributed by atoms with van der Waals surface area (Å²) in [7, 11) is -1.23. The molecule has 0 saturated heterocycles. The van der Waals surface area contributed by atoms with E-state index in [1.807, 2.05) is 54.1 Å². The summed E-state index contributed by atoms with van der Waals surface area (Å²) >= 11 is 1.83. The molecule has 0 saturated carbocycles. The second-order valence-electron chi connectivity index (χ2n) is 12.7. The first-order valence-electron chi connectivity index (χ1n) is 15.3. The zero-order chi connectivity index (χ0) is 31.1. The third-order valence-electron chi connectivity index (χ3n) is 8.26. The second-order valence-corrected chi connectivity index (χ2v) is 18.8. The van der Waals surface area contributed by atoms with Crippen molar-refractivity contribution in [3.63, 3.8) is 0 Å². The average molecular weight is 811 g/mol. The van der Waals surface area contributed by atoms with Crippen LogP contribution >= 0.6 is 11.3 Å². The van der Waals surface area contributed by atoms with E-state index in [0.717, 1.165) is 39.1 Å². The molecule has 4 aromatic heterocycles. The van der Waals surface area contributed by atoms with Crippen LogP contribution in [0.4, 0.5) is 0 Å². The van der Waals surface area contributed by atoms with Crippen LogP contribution in [0.15, 0.2) is 114 Å². The van der Waals surface area contributed by atoms with Gasteiger partial charge < -0.3 is 14.4 Å². The molecule has 4 heterocycles. The molecule has 0 atom stereocenters. The summed E-state index contributed by atoms with van der Waals surface area (Å²) in [6, 6.07) is 40.0. The van der Waals surface area contributed by atoms with E-state index in [2.05, 4.69) is 122 Å². The van der Waals surface area contributed by atoms with Crippen LogP contribution in [-0.2, 0) is 20.1 Å². The average Bonchev–Trinajstić information content (AvgIpc) is 3.63. The number of furan rings is 1. The quantitative estimate of drug-likeness (QED) is 0.131. The number of pyridine rings is 2. The Labute approximate surface area is 288 Å². The van der Waals surface area contributed by atoms with Crippen molar-refractivity contribution in [1.29, 1.82) is 0 Å². The minimum atomic E-state index is -1.23. The number of thiophene rings is 1. The van der Waals surface area contributed by atoms with Crippen LogP contribution in [0.2, 0.25) is 19.6 Å². The maximum Gasteiger partial charge on any atom is 0.122 e. The molecular formula is C40H34IrN2OSSi-2. The number of hydrogen-bond acceptors (Lipinski definition) is 4. The Morgan fingerprint density at radius 1 is 0.761 bits per heavy atom. The molecule has 231 valence electrons. The summed E-state index contributed by atoms with van der Waals surface area (Å²) in [5.74, 6) is 0.449. The maximum atomic E-state index is 6.38. The molecule has 3 nitrogen and oxygen atoms in total. The number of benzene rings is 4. The van der Waals surface area contributed by atoms with Crippen molar-refractivity contribution < 1.29 is 24.5 Å². The summed E-state index contributed by atoms with van der Waals surface area (Å²) in [6.07, 6.45) is 3.90. The molecule has 0 aliphatic heterocycles. The first-order valence-corrected chi connectivity index (χ1v) is 19.7. The van der Waals surface area contributed by atoms with Gasteiger partial charge in [-0.25, -0.2) is 0 Å². The maximum absolute atomic E-state index is 6.38. The fourth-order valence-corrected chi connectivity index (χ4v) is 7.98. The summed E-state index contributed by atoms with van der Waals surface area (Å²) < 4.78 is 8.96. The smallest absolute Gasteiger partial charge is 0.122 e. The third-order valence-corrected chi connectivity index (χ3v) is 11.5. The predicted octanol–water partition coefficient (Wildman–Crippen LogP) is 11.0. The first-order chi connectivity index (χ1) is 21.8. The Morgan fingerprint density at radius 2 is 1.59 bits per heavy atom. The third kappa shape index (κ3) is 6.11. The zero-order valence-corrected chi connectivity index (χ0v) is 30.7. The summed E-state index contributed by atoms with van der Waals surface area (Å²) in [5, 5.41) is 6.30. The summed E-state index contributed by atoms with van der Waals surface area (Å²) in [6.45, 7) is 11.4. The van der Waals surface area contributed by atoms with Crippen LogP contribution in [0.5, 0.6) is 0 Å². The first kappa shape index (κ1) is 32.0. The van der Waals surface area contributed by atoms with Crippen molar-refractivity contribution in [3.05, 3.63) is 127 Å². The van der Waals surface area contributed by atoms with Gasteiger partial charge in [-0.2, -0.15) is 0 Å². The number of hydrogen-bond donors (Lipinski definition) is 0. The molecular weight excluding hydrogens is 777 g/mol. The molecule has 46 heavy (non-hydrogen) atoms. The Balaban J connectivity index is 0.000000187. The van der Waals surface area contributed by atoms with Gasteiger partial charge in [-0.1, -0.05) is 86.4 Å². The molecule has 8 rings (SSSR count). The molecule has 8 aromatic rings. The molecule has 1 radical (unpaired) electrons. The van der Waals surface area contributed by atoms with Crippen LogP contribution < -0.4 is 5.19 Å². The molecule has 0 fully saturated rings. The molecule has 4 aromatic carbocycles. The van der Waals surface area contributed by atoms with Crippen molar-refractivity contribution in [2.45, 2.75) is 39.4 Å². The number of fused-ring (bicyclic) bond motifs is 7. The van der Waals surface area contributed by atoms with E-state index in [-0.39, 0.29) is 20.1 Å². The molecule has 0 spiro atoms. The van der Waals surface area contributed by atoms with Gasteiger partial charge in [0.2, 0.25) is 0 Å². The van der Waals surface area contributed by atoms with Gasteiger partial charge in [0.25, 0.3) is 0 Å². The van der Waals surface area contributed by atoms with Gasteiger partial charge in [0.05, 0.1) is 13.7 Å². The Morgan fingerprint density at radius 3 is 2.33 bits per heavy atom. The van der Waals surface area contributed by atoms with Crippen molar-refractivity contribution in [2.75, 3.05) is 0 Å². The minimum absolute atomic E-state index is 0. The number of nitrogens with zero attached hydrogens (tertiary/aromatic N) is 2. The summed E-state index contributed by atoms with van der Waals surface area (Å²) in [4.78, 5) is 9.14. The monoisotopic (exact) mass is 811 g/mol. The molecule has 0 bridgehead atoms. The van der Waals surface area contributed by atoms with E-state index in [4.69, 9.17) is 4.42 Å². The molecule has 0 aliphatic carbocycles. The SMILES string of the molecule is CC(C)c1ccnc(-c2[c-]ccc3c2oc2ccc4c5ccccc5sc4c23)c1.C[Si](C)(C)c1ccc(-c2[c-]cccc2)nc1.[Ir]. The molecule has 0 unspecified atom stereocenters. The van der Waals surface area contributed by atoms with Crippen molar-refractivity contribution >= 4 is 66.7 Å². The van der Waals surface area contributed by atoms with Gasteiger partial charge >= 0.3 is 0 Å². The minimum Gasteiger partial charge on any atom is -0.501 e. The van der Waals surface area contributed by atoms with Gasteiger partial charge in [-0.05, 0) is 46.8 Å². The largest absolute Gasteiger partial charge is 0.501 e. The van der Waals surface area contributed by atoms with E-state index in [0.29, 0.717) is 5.92 Å². The van der Waals surface area contributed by atoms with Crippen LogP contribution in [0.3, 0.4) is 0 Å². The number of aromatic nitrogens is 2. The fraction of sp³-hybridized carbons (Fsp3) is 0.150. The van der Waals surface area contributed by atoms with E-state index in [1.54, 1.807) is 0 Å². The Kier molecular flexibility index (Phi) is 9.09. The molecule has 0 N–H and O–H groups in total.